The van der Waals surface area contributed by atoms with Gasteiger partial charge < -0.3 is 24.8 Å². The van der Waals surface area contributed by atoms with Gasteiger partial charge in [0, 0.05) is 0 Å². The van der Waals surface area contributed by atoms with Crippen LogP contribution >= 0.6 is 0 Å². The van der Waals surface area contributed by atoms with Crippen molar-refractivity contribution in [1.82, 2.24) is 0 Å². The molecule has 1 unspecified atom stereocenters. The van der Waals surface area contributed by atoms with Crippen molar-refractivity contribution in [3.63, 3.8) is 0 Å². The van der Waals surface area contributed by atoms with Gasteiger partial charge in [0.05, 0.1) is 0 Å². The Morgan fingerprint density at radius 3 is 1.85 bits per heavy atom. The van der Waals surface area contributed by atoms with E-state index in [9.17, 15) is 0 Å². The standard InChI is InChI=1S/C21H25.C9H15Si.C6H10.2ClH.Zr/c1-20(2,3)16-7-9-18-14(12-16)11-15-13-17(21(4,5)6)8-10-19(15)18;1-8-5-6-9(7-8)10(2,3)4;1-2-4-6-5-3-1;;;/h7-10,12H,11H2,1-6H3;6-8H,1-4H3;1-5H2;2*1H;/q2*-1;;;;+2/p-2. The fourth-order valence-electron chi connectivity index (χ4n) is 5.06. The summed E-state index contributed by atoms with van der Waals surface area (Å²) in [6, 6.07) is 15.2. The summed E-state index contributed by atoms with van der Waals surface area (Å²) in [6.45, 7) is 22.9. The van der Waals surface area contributed by atoms with E-state index in [0.29, 0.717) is 5.92 Å². The molecule has 1 saturated carbocycles. The number of benzene rings is 2. The van der Waals surface area contributed by atoms with E-state index in [2.05, 4.69) is 123 Å². The van der Waals surface area contributed by atoms with Gasteiger partial charge >= 0.3 is 59.5 Å². The van der Waals surface area contributed by atoms with Gasteiger partial charge in [0.1, 0.15) is 0 Å². The Hall–Kier alpha value is -0.530. The van der Waals surface area contributed by atoms with Gasteiger partial charge in [-0.3, -0.25) is 6.08 Å². The molecular formula is C36H50Cl2SiZr-2. The monoisotopic (exact) mass is 670 g/mol. The molecule has 3 aliphatic carbocycles. The normalized spacial score (nSPS) is 17.6. The fraction of sp³-hybridized carbons (Fsp3) is 0.528. The molecule has 2 aromatic carbocycles. The first-order chi connectivity index (χ1) is 17.6. The molecule has 5 rings (SSSR count). The third kappa shape index (κ3) is 10.6. The second-order valence-corrected chi connectivity index (χ2v) is 21.3. The molecule has 0 spiro atoms. The van der Waals surface area contributed by atoms with Crippen molar-refractivity contribution < 1.29 is 49.0 Å². The summed E-state index contributed by atoms with van der Waals surface area (Å²) >= 11 is 1.69. The third-order valence-electron chi connectivity index (χ3n) is 7.72. The first-order valence-electron chi connectivity index (χ1n) is 14.6. The molecule has 0 bridgehead atoms. The minimum atomic E-state index is -1.02. The maximum atomic E-state index is 3.67. The molecule has 1 atom stereocenters. The zero-order valence-electron chi connectivity index (χ0n) is 26.6. The van der Waals surface area contributed by atoms with Crippen LogP contribution in [0.25, 0.3) is 11.1 Å². The van der Waals surface area contributed by atoms with Crippen molar-refractivity contribution in [2.75, 3.05) is 0 Å². The molecular weight excluding hydrogens is 623 g/mol. The summed E-state index contributed by atoms with van der Waals surface area (Å²) in [6.07, 6.45) is 16.2. The quantitative estimate of drug-likeness (QED) is 0.270. The molecule has 0 aliphatic heterocycles. The summed E-state index contributed by atoms with van der Waals surface area (Å²) in [5.41, 5.74) is 8.70. The van der Waals surface area contributed by atoms with Crippen LogP contribution in [-0.2, 0) is 41.5 Å². The summed E-state index contributed by atoms with van der Waals surface area (Å²) in [5.74, 6) is 0.557. The predicted octanol–water partition coefficient (Wildman–Crippen LogP) is 4.13. The number of allylic oxidation sites excluding steroid dienone is 4. The van der Waals surface area contributed by atoms with Gasteiger partial charge in [0.25, 0.3) is 0 Å². The van der Waals surface area contributed by atoms with Crippen molar-refractivity contribution >= 4 is 11.3 Å². The van der Waals surface area contributed by atoms with Crippen LogP contribution in [0.3, 0.4) is 0 Å². The number of hydrogen-bond donors (Lipinski definition) is 0. The maximum absolute atomic E-state index is 3.67. The molecule has 0 radical (unpaired) electrons. The number of hydrogen-bond acceptors (Lipinski definition) is 0. The summed E-state index contributed by atoms with van der Waals surface area (Å²) in [5, 5.41) is 1.56. The van der Waals surface area contributed by atoms with Crippen LogP contribution in [0.2, 0.25) is 19.6 Å². The van der Waals surface area contributed by atoms with Gasteiger partial charge in [-0.05, 0) is 36.5 Å². The molecule has 218 valence electrons. The van der Waals surface area contributed by atoms with Crippen LogP contribution in [0.5, 0.6) is 0 Å². The zero-order valence-corrected chi connectivity index (χ0v) is 31.6. The molecule has 40 heavy (non-hydrogen) atoms. The van der Waals surface area contributed by atoms with E-state index in [1.807, 2.05) is 0 Å². The van der Waals surface area contributed by atoms with Crippen LogP contribution in [0.4, 0.5) is 0 Å². The predicted molar refractivity (Wildman–Crippen MR) is 167 cm³/mol. The Morgan fingerprint density at radius 1 is 0.825 bits per heavy atom. The van der Waals surface area contributed by atoms with Crippen molar-refractivity contribution in [2.24, 2.45) is 5.92 Å². The van der Waals surface area contributed by atoms with E-state index >= 15 is 0 Å². The SMILES string of the molecule is CC(C)(C)c1[c-]c2c(cc1)-c1ccc(C(C)(C)C)cc1C2.CC1[C-]=CC([Si](C)(C)C)=C1.[Cl-].[Cl-].[Zr+2]=[C]1CCCCC1. The van der Waals surface area contributed by atoms with Crippen molar-refractivity contribution in [3.8, 4) is 11.1 Å². The number of halogens is 2. The first-order valence-corrected chi connectivity index (χ1v) is 19.4. The average molecular weight is 673 g/mol. The molecule has 2 aromatic rings. The summed E-state index contributed by atoms with van der Waals surface area (Å²) < 4.78 is 1.80. The molecule has 0 heterocycles. The van der Waals surface area contributed by atoms with Gasteiger partial charge in [-0.1, -0.05) is 97.8 Å². The van der Waals surface area contributed by atoms with Crippen LogP contribution < -0.4 is 24.8 Å². The Labute approximate surface area is 275 Å². The van der Waals surface area contributed by atoms with Crippen molar-refractivity contribution in [2.45, 2.75) is 117 Å². The summed E-state index contributed by atoms with van der Waals surface area (Å²) in [4.78, 5) is 0. The first kappa shape index (κ1) is 37.5. The molecule has 0 nitrogen and oxygen atoms in total. The molecule has 0 N–H and O–H groups in total. The Morgan fingerprint density at radius 2 is 1.43 bits per heavy atom. The van der Waals surface area contributed by atoms with Gasteiger partial charge in [-0.25, -0.2) is 11.3 Å². The molecule has 3 aliphatic rings. The van der Waals surface area contributed by atoms with Gasteiger partial charge in [-0.2, -0.15) is 29.8 Å². The average Bonchev–Trinajstić information content (AvgIpc) is 3.42. The second kappa shape index (κ2) is 15.3. The number of rotatable bonds is 1. The number of fused-ring (bicyclic) bond motifs is 3. The van der Waals surface area contributed by atoms with E-state index in [-0.39, 0.29) is 35.6 Å². The van der Waals surface area contributed by atoms with Gasteiger partial charge in [0.15, 0.2) is 0 Å². The molecule has 1 fully saturated rings. The van der Waals surface area contributed by atoms with E-state index in [0.717, 1.165) is 6.42 Å². The molecule has 0 amide bonds. The van der Waals surface area contributed by atoms with Crippen molar-refractivity contribution in [1.29, 1.82) is 0 Å². The Balaban J connectivity index is 0.000000351. The zero-order chi connectivity index (χ0) is 28.3. The van der Waals surface area contributed by atoms with Crippen LogP contribution in [0.1, 0.15) is 103 Å². The minimum absolute atomic E-state index is 0. The fourth-order valence-corrected chi connectivity index (χ4v) is 7.20. The van der Waals surface area contributed by atoms with Crippen molar-refractivity contribution in [3.05, 3.63) is 82.1 Å². The second-order valence-electron chi connectivity index (χ2n) is 14.4. The summed E-state index contributed by atoms with van der Waals surface area (Å²) in [7, 11) is -1.02. The van der Waals surface area contributed by atoms with Gasteiger partial charge in [-0.15, -0.1) is 11.1 Å². The third-order valence-corrected chi connectivity index (χ3v) is 11.0. The Kier molecular flexibility index (Phi) is 14.3. The van der Waals surface area contributed by atoms with Crippen LogP contribution in [0.15, 0.2) is 47.7 Å². The van der Waals surface area contributed by atoms with Crippen LogP contribution in [0, 0.1) is 18.1 Å². The van der Waals surface area contributed by atoms with E-state index in [1.165, 1.54) is 65.5 Å². The molecule has 4 heteroatoms. The van der Waals surface area contributed by atoms with E-state index in [1.54, 1.807) is 32.6 Å². The van der Waals surface area contributed by atoms with E-state index in [4.69, 9.17) is 0 Å². The van der Waals surface area contributed by atoms with E-state index < -0.39 is 8.07 Å². The Bertz CT molecular complexity index is 1130. The topological polar surface area (TPSA) is 0 Å². The molecule has 0 aromatic heterocycles. The van der Waals surface area contributed by atoms with Crippen LogP contribution in [-0.4, -0.2) is 11.3 Å². The molecule has 0 saturated heterocycles. The van der Waals surface area contributed by atoms with Gasteiger partial charge in [0.2, 0.25) is 0 Å².